The number of aromatic nitrogens is 2. The number of carbonyl (C=O) groups is 1. The highest BCUT2D eigenvalue weighted by Crippen LogP contribution is 2.16. The summed E-state index contributed by atoms with van der Waals surface area (Å²) in [4.78, 5) is 10.8. The Bertz CT molecular complexity index is 492. The molecule has 0 radical (unpaired) electrons. The number of hydrogen-bond donors (Lipinski definition) is 1. The summed E-state index contributed by atoms with van der Waals surface area (Å²) < 4.78 is 2.69. The first-order chi connectivity index (χ1) is 6.65. The van der Waals surface area contributed by atoms with Gasteiger partial charge in [0, 0.05) is 23.7 Å². The van der Waals surface area contributed by atoms with Crippen molar-refractivity contribution in [2.45, 2.75) is 6.92 Å². The van der Waals surface area contributed by atoms with Crippen LogP contribution in [0.25, 0.3) is 5.52 Å². The molecule has 1 amide bonds. The number of fused-ring (bicyclic) bond motifs is 1. The van der Waals surface area contributed by atoms with Crippen LogP contribution in [0.15, 0.2) is 28.9 Å². The number of rotatable bonds is 1. The average Bonchev–Trinajstić information content (AvgIpc) is 2.44. The summed E-state index contributed by atoms with van der Waals surface area (Å²) in [6.07, 6.45) is 1.82. The van der Waals surface area contributed by atoms with Crippen LogP contribution < -0.4 is 5.32 Å². The van der Waals surface area contributed by atoms with Crippen molar-refractivity contribution in [2.75, 3.05) is 5.32 Å². The summed E-state index contributed by atoms with van der Waals surface area (Å²) in [6, 6.07) is 5.63. The lowest BCUT2D eigenvalue weighted by Crippen LogP contribution is -2.06. The second-order valence-electron chi connectivity index (χ2n) is 2.93. The van der Waals surface area contributed by atoms with Gasteiger partial charge in [-0.2, -0.15) is 5.10 Å². The van der Waals surface area contributed by atoms with Crippen molar-refractivity contribution in [1.82, 2.24) is 9.61 Å². The SMILES string of the molecule is CC(=O)Nc1cc2cc(Br)ccn2n1. The average molecular weight is 254 g/mol. The van der Waals surface area contributed by atoms with Crippen molar-refractivity contribution >= 4 is 33.2 Å². The van der Waals surface area contributed by atoms with Crippen LogP contribution in [0.5, 0.6) is 0 Å². The molecule has 1 N–H and O–H groups in total. The molecule has 0 aromatic carbocycles. The fourth-order valence-electron chi connectivity index (χ4n) is 1.21. The molecule has 0 aliphatic heterocycles. The van der Waals surface area contributed by atoms with Crippen molar-refractivity contribution in [3.8, 4) is 0 Å². The molecular weight excluding hydrogens is 246 g/mol. The van der Waals surface area contributed by atoms with E-state index in [1.807, 2.05) is 24.4 Å². The summed E-state index contributed by atoms with van der Waals surface area (Å²) >= 11 is 3.36. The van der Waals surface area contributed by atoms with Crippen molar-refractivity contribution in [3.05, 3.63) is 28.9 Å². The zero-order valence-electron chi connectivity index (χ0n) is 7.49. The third-order valence-electron chi connectivity index (χ3n) is 1.73. The molecule has 2 heterocycles. The normalized spacial score (nSPS) is 10.4. The standard InChI is InChI=1S/C9H8BrN3O/c1-6(14)11-9-5-8-4-7(10)2-3-13(8)12-9/h2-5H,1H3,(H,11,12,14). The van der Waals surface area contributed by atoms with Gasteiger partial charge in [0.1, 0.15) is 0 Å². The molecule has 4 nitrogen and oxygen atoms in total. The van der Waals surface area contributed by atoms with E-state index in [2.05, 4.69) is 26.3 Å². The van der Waals surface area contributed by atoms with E-state index in [4.69, 9.17) is 0 Å². The minimum atomic E-state index is -0.118. The first kappa shape index (κ1) is 9.21. The lowest BCUT2D eigenvalue weighted by molar-refractivity contribution is -0.114. The number of halogens is 1. The number of nitrogens with one attached hydrogen (secondary N) is 1. The van der Waals surface area contributed by atoms with Gasteiger partial charge in [-0.05, 0) is 12.1 Å². The number of carbonyl (C=O) groups excluding carboxylic acids is 1. The van der Waals surface area contributed by atoms with Crippen molar-refractivity contribution in [3.63, 3.8) is 0 Å². The molecule has 0 saturated carbocycles. The van der Waals surface area contributed by atoms with Crippen molar-refractivity contribution in [1.29, 1.82) is 0 Å². The van der Waals surface area contributed by atoms with Crippen molar-refractivity contribution in [2.24, 2.45) is 0 Å². The van der Waals surface area contributed by atoms with E-state index in [9.17, 15) is 4.79 Å². The fraction of sp³-hybridized carbons (Fsp3) is 0.111. The van der Waals surface area contributed by atoms with Gasteiger partial charge in [0.25, 0.3) is 0 Å². The number of amides is 1. The largest absolute Gasteiger partial charge is 0.309 e. The van der Waals surface area contributed by atoms with Gasteiger partial charge in [-0.3, -0.25) is 4.79 Å². The van der Waals surface area contributed by atoms with E-state index in [1.54, 1.807) is 4.52 Å². The smallest absolute Gasteiger partial charge is 0.222 e. The molecule has 0 bridgehead atoms. The van der Waals surface area contributed by atoms with Crippen LogP contribution in [-0.2, 0) is 4.79 Å². The Morgan fingerprint density at radius 2 is 2.36 bits per heavy atom. The quantitative estimate of drug-likeness (QED) is 0.846. The monoisotopic (exact) mass is 253 g/mol. The maximum atomic E-state index is 10.8. The summed E-state index contributed by atoms with van der Waals surface area (Å²) in [5, 5.41) is 6.79. The maximum absolute atomic E-state index is 10.8. The maximum Gasteiger partial charge on any atom is 0.222 e. The van der Waals surface area contributed by atoms with Gasteiger partial charge in [0.2, 0.25) is 5.91 Å². The molecule has 5 heteroatoms. The van der Waals surface area contributed by atoms with Crippen LogP contribution in [0, 0.1) is 0 Å². The Labute approximate surface area is 89.0 Å². The fourth-order valence-corrected chi connectivity index (χ4v) is 1.56. The zero-order chi connectivity index (χ0) is 10.1. The molecule has 2 rings (SSSR count). The Morgan fingerprint density at radius 1 is 1.57 bits per heavy atom. The minimum absolute atomic E-state index is 0.118. The molecular formula is C9H8BrN3O. The molecule has 72 valence electrons. The number of hydrogen-bond acceptors (Lipinski definition) is 2. The highest BCUT2D eigenvalue weighted by atomic mass is 79.9. The van der Waals surface area contributed by atoms with Gasteiger partial charge < -0.3 is 5.32 Å². The van der Waals surface area contributed by atoms with Crippen LogP contribution in [0.2, 0.25) is 0 Å². The molecule has 14 heavy (non-hydrogen) atoms. The number of nitrogens with zero attached hydrogens (tertiary/aromatic N) is 2. The first-order valence-electron chi connectivity index (χ1n) is 4.08. The molecule has 2 aromatic rings. The van der Waals surface area contributed by atoms with Gasteiger partial charge in [-0.25, -0.2) is 4.52 Å². The summed E-state index contributed by atoms with van der Waals surface area (Å²) in [7, 11) is 0. The van der Waals surface area contributed by atoms with Crippen LogP contribution in [0.3, 0.4) is 0 Å². The predicted molar refractivity (Wildman–Crippen MR) is 57.2 cm³/mol. The van der Waals surface area contributed by atoms with Gasteiger partial charge in [-0.1, -0.05) is 15.9 Å². The molecule has 0 unspecified atom stereocenters. The van der Waals surface area contributed by atoms with Crippen LogP contribution in [-0.4, -0.2) is 15.5 Å². The Kier molecular flexibility index (Phi) is 2.25. The molecule has 0 aliphatic carbocycles. The lowest BCUT2D eigenvalue weighted by Gasteiger charge is -1.92. The van der Waals surface area contributed by atoms with Gasteiger partial charge in [0.05, 0.1) is 5.52 Å². The molecule has 2 aromatic heterocycles. The van der Waals surface area contributed by atoms with E-state index in [0.717, 1.165) is 9.99 Å². The third kappa shape index (κ3) is 1.77. The first-order valence-corrected chi connectivity index (χ1v) is 4.87. The van der Waals surface area contributed by atoms with E-state index in [1.165, 1.54) is 6.92 Å². The van der Waals surface area contributed by atoms with Gasteiger partial charge in [0.15, 0.2) is 5.82 Å². The van der Waals surface area contributed by atoms with E-state index < -0.39 is 0 Å². The highest BCUT2D eigenvalue weighted by Gasteiger charge is 2.02. The van der Waals surface area contributed by atoms with Crippen LogP contribution in [0.4, 0.5) is 5.82 Å². The minimum Gasteiger partial charge on any atom is -0.309 e. The highest BCUT2D eigenvalue weighted by molar-refractivity contribution is 9.10. The summed E-state index contributed by atoms with van der Waals surface area (Å²) in [6.45, 7) is 1.46. The van der Waals surface area contributed by atoms with E-state index in [-0.39, 0.29) is 5.91 Å². The van der Waals surface area contributed by atoms with Gasteiger partial charge in [-0.15, -0.1) is 0 Å². The number of pyridine rings is 1. The van der Waals surface area contributed by atoms with Crippen LogP contribution in [0.1, 0.15) is 6.92 Å². The Hall–Kier alpha value is -1.36. The molecule has 0 fully saturated rings. The predicted octanol–water partition coefficient (Wildman–Crippen LogP) is 2.06. The van der Waals surface area contributed by atoms with E-state index >= 15 is 0 Å². The van der Waals surface area contributed by atoms with E-state index in [0.29, 0.717) is 5.82 Å². The molecule has 0 atom stereocenters. The molecule has 0 spiro atoms. The second kappa shape index (κ2) is 3.42. The topological polar surface area (TPSA) is 46.4 Å². The summed E-state index contributed by atoms with van der Waals surface area (Å²) in [5.74, 6) is 0.447. The number of anilines is 1. The zero-order valence-corrected chi connectivity index (χ0v) is 9.08. The molecule has 0 aliphatic rings. The van der Waals surface area contributed by atoms with Crippen LogP contribution >= 0.6 is 15.9 Å². The Balaban J connectivity index is 2.46. The summed E-state index contributed by atoms with van der Waals surface area (Å²) in [5.41, 5.74) is 0.933. The van der Waals surface area contributed by atoms with Crippen molar-refractivity contribution < 1.29 is 4.79 Å². The second-order valence-corrected chi connectivity index (χ2v) is 3.84. The Morgan fingerprint density at radius 3 is 3.07 bits per heavy atom. The third-order valence-corrected chi connectivity index (χ3v) is 2.22. The lowest BCUT2D eigenvalue weighted by atomic mass is 10.4. The van der Waals surface area contributed by atoms with Gasteiger partial charge >= 0.3 is 0 Å². The molecule has 0 saturated heterocycles.